The number of thiocyanates is 4. The molecule has 1 rings (SSSR count). The van der Waals surface area contributed by atoms with Crippen LogP contribution in [0.1, 0.15) is 0 Å². The fourth-order valence-corrected chi connectivity index (χ4v) is 3.29. The first-order valence-corrected chi connectivity index (χ1v) is 7.19. The third-order valence-corrected chi connectivity index (χ3v) is 4.32. The van der Waals surface area contributed by atoms with Crippen LogP contribution in [0, 0.1) is 42.7 Å². The van der Waals surface area contributed by atoms with Crippen molar-refractivity contribution in [2.24, 2.45) is 0 Å². The molecule has 0 aliphatic carbocycles. The first-order chi connectivity index (χ1) is 8.78. The van der Waals surface area contributed by atoms with E-state index in [4.69, 9.17) is 21.0 Å². The smallest absolute Gasteiger partial charge is 0.149 e. The first kappa shape index (κ1) is 17.4. The molecule has 0 saturated heterocycles. The van der Waals surface area contributed by atoms with E-state index >= 15 is 0 Å². The summed E-state index contributed by atoms with van der Waals surface area (Å²) in [6.45, 7) is 0. The monoisotopic (exact) mass is 325 g/mol. The van der Waals surface area contributed by atoms with Crippen LogP contribution < -0.4 is 6.15 Å². The molecule has 0 aliphatic heterocycles. The van der Waals surface area contributed by atoms with Gasteiger partial charge in [-0.3, -0.25) is 0 Å². The van der Waals surface area contributed by atoms with Crippen LogP contribution in [0.4, 0.5) is 0 Å². The highest BCUT2D eigenvalue weighted by Gasteiger charge is 2.19. The summed E-state index contributed by atoms with van der Waals surface area (Å²) in [5.74, 6) is 0. The molecule has 0 radical (unpaired) electrons. The molecule has 1 heterocycles. The molecule has 0 amide bonds. The standard InChI is InChI=1S/C8N6S4.H3N/c9-1-15-5-6(16-2-10)8(18-4-12)14-13-7(5)17-3-11;/h;1H3. The summed E-state index contributed by atoms with van der Waals surface area (Å²) in [7, 11) is 0. The number of nitriles is 4. The summed E-state index contributed by atoms with van der Waals surface area (Å²) in [6, 6.07) is 0. The zero-order valence-corrected chi connectivity index (χ0v) is 12.3. The lowest BCUT2D eigenvalue weighted by Gasteiger charge is -2.06. The quantitative estimate of drug-likeness (QED) is 0.640. The molecule has 1 aromatic heterocycles. The van der Waals surface area contributed by atoms with Crippen LogP contribution in [0.25, 0.3) is 0 Å². The lowest BCUT2D eigenvalue weighted by Crippen LogP contribution is -1.94. The minimum absolute atomic E-state index is 0. The van der Waals surface area contributed by atoms with Gasteiger partial charge in [-0.25, -0.2) is 0 Å². The molecule has 94 valence electrons. The minimum atomic E-state index is 0. The van der Waals surface area contributed by atoms with Crippen molar-refractivity contribution in [3.05, 3.63) is 0 Å². The van der Waals surface area contributed by atoms with Crippen LogP contribution >= 0.6 is 47.0 Å². The van der Waals surface area contributed by atoms with Gasteiger partial charge in [-0.15, -0.1) is 10.2 Å². The van der Waals surface area contributed by atoms with Crippen molar-refractivity contribution in [1.29, 1.82) is 21.0 Å². The van der Waals surface area contributed by atoms with Gasteiger partial charge >= 0.3 is 0 Å². The minimum Gasteiger partial charge on any atom is -0.344 e. The lowest BCUT2D eigenvalue weighted by atomic mass is 10.6. The van der Waals surface area contributed by atoms with Crippen molar-refractivity contribution in [1.82, 2.24) is 16.3 Å². The Kier molecular flexibility index (Phi) is 8.56. The van der Waals surface area contributed by atoms with Crippen molar-refractivity contribution in [2.45, 2.75) is 19.8 Å². The van der Waals surface area contributed by atoms with Gasteiger partial charge in [-0.2, -0.15) is 21.0 Å². The number of hydrogen-bond acceptors (Lipinski definition) is 11. The van der Waals surface area contributed by atoms with Crippen molar-refractivity contribution in [3.8, 4) is 21.6 Å². The highest BCUT2D eigenvalue weighted by atomic mass is 32.2. The maximum absolute atomic E-state index is 8.73. The summed E-state index contributed by atoms with van der Waals surface area (Å²) in [5, 5.41) is 50.2. The third kappa shape index (κ3) is 4.53. The molecule has 19 heavy (non-hydrogen) atoms. The summed E-state index contributed by atoms with van der Waals surface area (Å²) in [5.41, 5.74) is 0. The Morgan fingerprint density at radius 1 is 0.632 bits per heavy atom. The first-order valence-electron chi connectivity index (χ1n) is 3.92. The molecular weight excluding hydrogens is 322 g/mol. The van der Waals surface area contributed by atoms with E-state index in [9.17, 15) is 0 Å². The maximum Gasteiger partial charge on any atom is 0.149 e. The highest BCUT2D eigenvalue weighted by Crippen LogP contribution is 2.40. The van der Waals surface area contributed by atoms with Gasteiger partial charge in [0.2, 0.25) is 0 Å². The summed E-state index contributed by atoms with van der Waals surface area (Å²) < 4.78 is 0. The Bertz CT molecular complexity index is 563. The topological polar surface area (TPSA) is 156 Å². The lowest BCUT2D eigenvalue weighted by molar-refractivity contribution is 0.757. The van der Waals surface area contributed by atoms with Crippen LogP contribution in [-0.2, 0) is 0 Å². The predicted octanol–water partition coefficient (Wildman–Crippen LogP) is 2.93. The highest BCUT2D eigenvalue weighted by molar-refractivity contribution is 8.09. The van der Waals surface area contributed by atoms with Crippen molar-refractivity contribution < 1.29 is 0 Å². The Balaban J connectivity index is 0.00000324. The van der Waals surface area contributed by atoms with Crippen LogP contribution in [0.3, 0.4) is 0 Å². The van der Waals surface area contributed by atoms with Gasteiger partial charge in [0.15, 0.2) is 0 Å². The van der Waals surface area contributed by atoms with Gasteiger partial charge in [0, 0.05) is 23.5 Å². The average Bonchev–Trinajstić information content (AvgIpc) is 2.37. The van der Waals surface area contributed by atoms with Gasteiger partial charge in [-0.05, 0) is 23.5 Å². The Hall–Kier alpha value is -1.60. The normalized spacial score (nSPS) is 8.21. The number of nitrogens with zero attached hydrogens (tertiary/aromatic N) is 6. The summed E-state index contributed by atoms with van der Waals surface area (Å²) >= 11 is 3.08. The molecule has 11 heteroatoms. The van der Waals surface area contributed by atoms with Crippen LogP contribution in [0.2, 0.25) is 0 Å². The summed E-state index contributed by atoms with van der Waals surface area (Å²) in [4.78, 5) is 0.756. The largest absolute Gasteiger partial charge is 0.344 e. The number of aromatic nitrogens is 2. The van der Waals surface area contributed by atoms with Gasteiger partial charge < -0.3 is 6.15 Å². The average molecular weight is 325 g/mol. The molecule has 0 atom stereocenters. The zero-order valence-electron chi connectivity index (χ0n) is 9.02. The molecule has 7 nitrogen and oxygen atoms in total. The fraction of sp³-hybridized carbons (Fsp3) is 0. The SMILES string of the molecule is N.N#CSc1nnc(SC#N)c(SC#N)c1SC#N. The van der Waals surface area contributed by atoms with Crippen LogP contribution in [-0.4, -0.2) is 10.2 Å². The van der Waals surface area contributed by atoms with E-state index < -0.39 is 0 Å². The molecule has 0 bridgehead atoms. The molecule has 0 unspecified atom stereocenters. The van der Waals surface area contributed by atoms with E-state index in [1.54, 1.807) is 0 Å². The summed E-state index contributed by atoms with van der Waals surface area (Å²) in [6.07, 6.45) is 0. The second-order valence-electron chi connectivity index (χ2n) is 2.24. The molecule has 0 aromatic carbocycles. The molecule has 1 aromatic rings. The Labute approximate surface area is 125 Å². The van der Waals surface area contributed by atoms with Crippen molar-refractivity contribution >= 4 is 47.0 Å². The predicted molar refractivity (Wildman–Crippen MR) is 72.9 cm³/mol. The molecular formula is C8H3N7S4. The van der Waals surface area contributed by atoms with E-state index in [0.717, 1.165) is 47.0 Å². The van der Waals surface area contributed by atoms with Gasteiger partial charge in [0.05, 0.1) is 9.79 Å². The van der Waals surface area contributed by atoms with E-state index in [-0.39, 0.29) is 16.2 Å². The second kappa shape index (κ2) is 9.35. The molecule has 0 spiro atoms. The molecule has 0 aliphatic rings. The van der Waals surface area contributed by atoms with E-state index in [1.165, 1.54) is 0 Å². The Morgan fingerprint density at radius 2 is 0.947 bits per heavy atom. The fourth-order valence-electron chi connectivity index (χ4n) is 0.867. The third-order valence-electron chi connectivity index (χ3n) is 1.41. The number of rotatable bonds is 4. The second-order valence-corrected chi connectivity index (χ2v) is 5.38. The van der Waals surface area contributed by atoms with Gasteiger partial charge in [0.1, 0.15) is 31.7 Å². The number of hydrogen-bond donors (Lipinski definition) is 1. The zero-order chi connectivity index (χ0) is 13.4. The molecule has 3 N–H and O–H groups in total. The van der Waals surface area contributed by atoms with Gasteiger partial charge in [0.25, 0.3) is 0 Å². The Morgan fingerprint density at radius 3 is 1.21 bits per heavy atom. The molecule has 0 fully saturated rings. The van der Waals surface area contributed by atoms with Crippen LogP contribution in [0.5, 0.6) is 0 Å². The molecule has 0 saturated carbocycles. The van der Waals surface area contributed by atoms with Gasteiger partial charge in [-0.1, -0.05) is 0 Å². The van der Waals surface area contributed by atoms with E-state index in [0.29, 0.717) is 9.79 Å². The number of thioether (sulfide) groups is 4. The van der Waals surface area contributed by atoms with E-state index in [2.05, 4.69) is 10.2 Å². The van der Waals surface area contributed by atoms with Crippen LogP contribution in [0.15, 0.2) is 19.8 Å². The van der Waals surface area contributed by atoms with E-state index in [1.807, 2.05) is 21.6 Å². The maximum atomic E-state index is 8.73. The van der Waals surface area contributed by atoms with Crippen molar-refractivity contribution in [2.75, 3.05) is 0 Å². The van der Waals surface area contributed by atoms with Crippen molar-refractivity contribution in [3.63, 3.8) is 0 Å².